The number of ether oxygens (including phenoxy) is 1. The molecule has 10 heteroatoms. The molecule has 0 aliphatic rings. The number of para-hydroxylation sites is 1. The zero-order chi connectivity index (χ0) is 26.6. The molecule has 190 valence electrons. The van der Waals surface area contributed by atoms with Crippen LogP contribution in [-0.2, 0) is 10.0 Å². The van der Waals surface area contributed by atoms with E-state index in [2.05, 4.69) is 26.0 Å². The fraction of sp³-hybridized carbons (Fsp3) is 0.0741. The van der Waals surface area contributed by atoms with E-state index in [0.717, 1.165) is 10.0 Å². The Labute approximate surface area is 233 Å². The predicted octanol–water partition coefficient (Wildman–Crippen LogP) is 7.84. The lowest BCUT2D eigenvalue weighted by molar-refractivity contribution is 0.0940. The third kappa shape index (κ3) is 6.84. The van der Waals surface area contributed by atoms with Crippen molar-refractivity contribution in [2.45, 2.75) is 17.9 Å². The van der Waals surface area contributed by atoms with Gasteiger partial charge in [0.1, 0.15) is 11.5 Å². The summed E-state index contributed by atoms with van der Waals surface area (Å²) in [7, 11) is -4.03. The van der Waals surface area contributed by atoms with Crippen molar-refractivity contribution in [1.29, 1.82) is 0 Å². The highest BCUT2D eigenvalue weighted by molar-refractivity contribution is 9.10. The predicted molar refractivity (Wildman–Crippen MR) is 150 cm³/mol. The SMILES string of the molecule is C[C@@H](NC(=O)c1cc(Cl)ccc1NS(=O)(=O)c1ccc(Oc2ccccc2Cl)cc1)c1cccc(Br)c1. The number of halogens is 3. The fourth-order valence-electron chi connectivity index (χ4n) is 3.47. The summed E-state index contributed by atoms with van der Waals surface area (Å²) in [6.07, 6.45) is 0. The Morgan fingerprint density at radius 1 is 0.919 bits per heavy atom. The zero-order valence-electron chi connectivity index (χ0n) is 19.4. The van der Waals surface area contributed by atoms with Crippen LogP contribution in [0.2, 0.25) is 10.0 Å². The van der Waals surface area contributed by atoms with Crippen LogP contribution >= 0.6 is 39.1 Å². The van der Waals surface area contributed by atoms with E-state index in [1.54, 1.807) is 24.3 Å². The first-order chi connectivity index (χ1) is 17.6. The normalized spacial score (nSPS) is 12.0. The Balaban J connectivity index is 1.53. The summed E-state index contributed by atoms with van der Waals surface area (Å²) < 4.78 is 35.3. The average molecular weight is 620 g/mol. The van der Waals surface area contributed by atoms with Crippen LogP contribution in [0.15, 0.2) is 100 Å². The summed E-state index contributed by atoms with van der Waals surface area (Å²) in [5.41, 5.74) is 1.07. The van der Waals surface area contributed by atoms with Gasteiger partial charge < -0.3 is 10.1 Å². The topological polar surface area (TPSA) is 84.5 Å². The van der Waals surface area contributed by atoms with E-state index in [4.69, 9.17) is 27.9 Å². The van der Waals surface area contributed by atoms with Crippen molar-refractivity contribution in [2.75, 3.05) is 4.72 Å². The second-order valence-electron chi connectivity index (χ2n) is 8.05. The molecule has 0 radical (unpaired) electrons. The second kappa shape index (κ2) is 11.6. The van der Waals surface area contributed by atoms with E-state index in [0.29, 0.717) is 21.5 Å². The van der Waals surface area contributed by atoms with Gasteiger partial charge in [0.25, 0.3) is 15.9 Å². The summed E-state index contributed by atoms with van der Waals surface area (Å²) in [6.45, 7) is 1.83. The number of carbonyl (C=O) groups excluding carboxylic acids is 1. The highest BCUT2D eigenvalue weighted by Crippen LogP contribution is 2.30. The third-order valence-corrected chi connectivity index (χ3v) is 7.79. The highest BCUT2D eigenvalue weighted by atomic mass is 79.9. The van der Waals surface area contributed by atoms with Gasteiger partial charge >= 0.3 is 0 Å². The van der Waals surface area contributed by atoms with Crippen molar-refractivity contribution in [1.82, 2.24) is 5.32 Å². The zero-order valence-corrected chi connectivity index (χ0v) is 23.3. The molecule has 0 aliphatic carbocycles. The Morgan fingerprint density at radius 3 is 2.35 bits per heavy atom. The summed E-state index contributed by atoms with van der Waals surface area (Å²) in [6, 6.07) is 24.4. The molecule has 0 unspecified atom stereocenters. The van der Waals surface area contributed by atoms with Crippen LogP contribution in [-0.4, -0.2) is 14.3 Å². The fourth-order valence-corrected chi connectivity index (χ4v) is 5.32. The monoisotopic (exact) mass is 618 g/mol. The number of rotatable bonds is 8. The molecule has 0 saturated heterocycles. The third-order valence-electron chi connectivity index (χ3n) is 5.37. The van der Waals surface area contributed by atoms with Crippen molar-refractivity contribution in [3.63, 3.8) is 0 Å². The molecule has 0 aromatic heterocycles. The van der Waals surface area contributed by atoms with Crippen molar-refractivity contribution in [3.8, 4) is 11.5 Å². The van der Waals surface area contributed by atoms with E-state index in [-0.39, 0.29) is 22.2 Å². The number of amides is 1. The molecule has 4 aromatic carbocycles. The molecular formula is C27H21BrCl2N2O4S. The van der Waals surface area contributed by atoms with Gasteiger partial charge in [0.15, 0.2) is 0 Å². The molecule has 4 rings (SSSR count). The molecular weight excluding hydrogens is 599 g/mol. The van der Waals surface area contributed by atoms with Crippen LogP contribution in [0.25, 0.3) is 0 Å². The molecule has 1 atom stereocenters. The number of sulfonamides is 1. The number of benzene rings is 4. The first-order valence-corrected chi connectivity index (χ1v) is 14.1. The van der Waals surface area contributed by atoms with Gasteiger partial charge in [0, 0.05) is 9.50 Å². The molecule has 0 aliphatic heterocycles. The standard InChI is InChI=1S/C27H21BrCl2N2O4S/c1-17(18-5-4-6-19(28)15-18)31-27(33)23-16-20(29)9-14-25(23)32-37(34,35)22-12-10-21(11-13-22)36-26-8-3-2-7-24(26)30/h2-17,32H,1H3,(H,31,33)/t17-/m1/s1. The Kier molecular flexibility index (Phi) is 8.44. The summed E-state index contributed by atoms with van der Waals surface area (Å²) >= 11 is 15.7. The summed E-state index contributed by atoms with van der Waals surface area (Å²) in [5, 5.41) is 3.62. The van der Waals surface area contributed by atoms with Crippen LogP contribution < -0.4 is 14.8 Å². The van der Waals surface area contributed by atoms with Gasteiger partial charge in [-0.2, -0.15) is 0 Å². The van der Waals surface area contributed by atoms with Crippen molar-refractivity contribution >= 4 is 60.7 Å². The van der Waals surface area contributed by atoms with Gasteiger partial charge in [0.05, 0.1) is 27.2 Å². The molecule has 37 heavy (non-hydrogen) atoms. The smallest absolute Gasteiger partial charge is 0.261 e. The second-order valence-corrected chi connectivity index (χ2v) is 11.5. The lowest BCUT2D eigenvalue weighted by Gasteiger charge is -2.17. The Bertz CT molecular complexity index is 1550. The Hall–Kier alpha value is -3.04. The van der Waals surface area contributed by atoms with Crippen molar-refractivity contribution in [3.05, 3.63) is 117 Å². The van der Waals surface area contributed by atoms with Gasteiger partial charge in [-0.3, -0.25) is 9.52 Å². The first kappa shape index (κ1) is 27.0. The number of hydrogen-bond acceptors (Lipinski definition) is 4. The largest absolute Gasteiger partial charge is 0.456 e. The summed E-state index contributed by atoms with van der Waals surface area (Å²) in [5.74, 6) is 0.392. The molecule has 0 saturated carbocycles. The lowest BCUT2D eigenvalue weighted by atomic mass is 10.1. The van der Waals surface area contributed by atoms with Crippen LogP contribution in [0, 0.1) is 0 Å². The first-order valence-electron chi connectivity index (χ1n) is 11.0. The van der Waals surface area contributed by atoms with Gasteiger partial charge in [-0.25, -0.2) is 8.42 Å². The maximum atomic E-state index is 13.1. The molecule has 0 bridgehead atoms. The average Bonchev–Trinajstić information content (AvgIpc) is 2.86. The van der Waals surface area contributed by atoms with Crippen LogP contribution in [0.3, 0.4) is 0 Å². The molecule has 4 aromatic rings. The lowest BCUT2D eigenvalue weighted by Crippen LogP contribution is -2.28. The van der Waals surface area contributed by atoms with Crippen molar-refractivity contribution < 1.29 is 17.9 Å². The van der Waals surface area contributed by atoms with E-state index in [1.165, 1.54) is 42.5 Å². The van der Waals surface area contributed by atoms with E-state index in [9.17, 15) is 13.2 Å². The number of hydrogen-bond donors (Lipinski definition) is 2. The maximum Gasteiger partial charge on any atom is 0.261 e. The van der Waals surface area contributed by atoms with Gasteiger partial charge in [-0.05, 0) is 79.2 Å². The molecule has 6 nitrogen and oxygen atoms in total. The van der Waals surface area contributed by atoms with Gasteiger partial charge in [0.2, 0.25) is 0 Å². The molecule has 0 spiro atoms. The van der Waals surface area contributed by atoms with Crippen LogP contribution in [0.4, 0.5) is 5.69 Å². The van der Waals surface area contributed by atoms with Crippen molar-refractivity contribution in [2.24, 2.45) is 0 Å². The molecule has 2 N–H and O–H groups in total. The molecule has 1 amide bonds. The quantitative estimate of drug-likeness (QED) is 0.210. The summed E-state index contributed by atoms with van der Waals surface area (Å²) in [4.78, 5) is 13.1. The van der Waals surface area contributed by atoms with Gasteiger partial charge in [-0.15, -0.1) is 0 Å². The minimum atomic E-state index is -4.03. The van der Waals surface area contributed by atoms with Crippen LogP contribution in [0.1, 0.15) is 28.9 Å². The molecule has 0 heterocycles. The van der Waals surface area contributed by atoms with Crippen LogP contribution in [0.5, 0.6) is 11.5 Å². The minimum Gasteiger partial charge on any atom is -0.456 e. The number of anilines is 1. The highest BCUT2D eigenvalue weighted by Gasteiger charge is 2.21. The number of carbonyl (C=O) groups is 1. The Morgan fingerprint density at radius 2 is 1.65 bits per heavy atom. The number of nitrogens with one attached hydrogen (secondary N) is 2. The van der Waals surface area contributed by atoms with E-state index >= 15 is 0 Å². The van der Waals surface area contributed by atoms with Gasteiger partial charge in [-0.1, -0.05) is 63.4 Å². The maximum absolute atomic E-state index is 13.1. The minimum absolute atomic E-state index is 0.0113. The van der Waals surface area contributed by atoms with E-state index in [1.807, 2.05) is 31.2 Å². The molecule has 0 fully saturated rings. The van der Waals surface area contributed by atoms with E-state index < -0.39 is 15.9 Å².